The van der Waals surface area contributed by atoms with Crippen molar-refractivity contribution in [3.05, 3.63) is 22.6 Å². The van der Waals surface area contributed by atoms with E-state index in [-0.39, 0.29) is 0 Å². The third-order valence-corrected chi connectivity index (χ3v) is 1.13. The molecule has 0 amide bonds. The molecule has 0 N–H and O–H groups in total. The third-order valence-electron chi connectivity index (χ3n) is 0.708. The van der Waals surface area contributed by atoms with Gasteiger partial charge in [-0.15, -0.1) is 0 Å². The topological polar surface area (TPSA) is 13.1 Å². The summed E-state index contributed by atoms with van der Waals surface area (Å²) < 4.78 is 5.80. The van der Waals surface area contributed by atoms with E-state index in [2.05, 4.69) is 15.9 Å². The molecule has 0 fully saturated rings. The van der Waals surface area contributed by atoms with Crippen LogP contribution in [-0.4, -0.2) is 0 Å². The first-order valence-electron chi connectivity index (χ1n) is 2.01. The van der Waals surface area contributed by atoms with Crippen LogP contribution < -0.4 is 0 Å². The molecule has 7 heavy (non-hydrogen) atoms. The first-order valence-corrected chi connectivity index (χ1v) is 2.80. The van der Waals surface area contributed by atoms with E-state index in [9.17, 15) is 0 Å². The first-order chi connectivity index (χ1) is 3.29. The molecule has 1 heterocycles. The maximum atomic E-state index is 5.00. The summed E-state index contributed by atoms with van der Waals surface area (Å²) in [6, 6.07) is 3.78. The number of aryl methyl sites for hydroxylation is 1. The second kappa shape index (κ2) is 1.70. The molecule has 2 heteroatoms. The Labute approximate surface area is 50.5 Å². The second-order valence-electron chi connectivity index (χ2n) is 1.35. The number of furan rings is 1. The van der Waals surface area contributed by atoms with Crippen LogP contribution in [0.4, 0.5) is 0 Å². The number of hydrogen-bond donors (Lipinski definition) is 0. The molecular weight excluding hydrogens is 157 g/mol. The molecule has 0 saturated heterocycles. The normalized spacial score (nSPS) is 9.43. The van der Waals surface area contributed by atoms with Crippen LogP contribution in [0, 0.1) is 6.92 Å². The van der Waals surface area contributed by atoms with Crippen molar-refractivity contribution < 1.29 is 4.42 Å². The predicted octanol–water partition coefficient (Wildman–Crippen LogP) is 2.35. The molecule has 0 unspecified atom stereocenters. The molecule has 0 aromatic carbocycles. The van der Waals surface area contributed by atoms with Gasteiger partial charge in [0.1, 0.15) is 5.76 Å². The highest BCUT2D eigenvalue weighted by atomic mass is 79.9. The highest BCUT2D eigenvalue weighted by Crippen LogP contribution is 2.11. The van der Waals surface area contributed by atoms with E-state index in [4.69, 9.17) is 4.42 Å². The standard InChI is InChI=1S/C5H5BrO/c1-4-2-3-5(6)7-4/h2-3H,1H3/i1+1. The zero-order chi connectivity index (χ0) is 5.28. The maximum absolute atomic E-state index is 5.00. The molecule has 1 nitrogen and oxygen atoms in total. The van der Waals surface area contributed by atoms with Crippen molar-refractivity contribution in [2.24, 2.45) is 0 Å². The van der Waals surface area contributed by atoms with E-state index >= 15 is 0 Å². The van der Waals surface area contributed by atoms with Crippen LogP contribution in [0.5, 0.6) is 0 Å². The van der Waals surface area contributed by atoms with E-state index in [0.29, 0.717) is 0 Å². The third kappa shape index (κ3) is 1.06. The Morgan fingerprint density at radius 2 is 2.29 bits per heavy atom. The lowest BCUT2D eigenvalue weighted by atomic mass is 10.6. The molecule has 0 radical (unpaired) electrons. The van der Waals surface area contributed by atoms with Gasteiger partial charge in [0.15, 0.2) is 4.67 Å². The van der Waals surface area contributed by atoms with Gasteiger partial charge in [0.05, 0.1) is 0 Å². The minimum absolute atomic E-state index is 0.796. The minimum atomic E-state index is 0.796. The second-order valence-corrected chi connectivity index (χ2v) is 2.13. The van der Waals surface area contributed by atoms with Crippen LogP contribution in [-0.2, 0) is 0 Å². The summed E-state index contributed by atoms with van der Waals surface area (Å²) in [5, 5.41) is 0. The summed E-state index contributed by atoms with van der Waals surface area (Å²) in [5.41, 5.74) is 0. The fraction of sp³-hybridized carbons (Fsp3) is 0.200. The highest BCUT2D eigenvalue weighted by Gasteiger charge is 1.87. The van der Waals surface area contributed by atoms with Crippen molar-refractivity contribution in [2.45, 2.75) is 6.92 Å². The average Bonchev–Trinajstić information content (AvgIpc) is 1.87. The highest BCUT2D eigenvalue weighted by molar-refractivity contribution is 9.10. The molecule has 38 valence electrons. The Kier molecular flexibility index (Phi) is 1.19. The van der Waals surface area contributed by atoms with Gasteiger partial charge in [-0.2, -0.15) is 0 Å². The fourth-order valence-corrected chi connectivity index (χ4v) is 0.792. The summed E-state index contributed by atoms with van der Waals surface area (Å²) in [5.74, 6) is 0.937. The quantitative estimate of drug-likeness (QED) is 0.533. The van der Waals surface area contributed by atoms with Crippen LogP contribution in [0.2, 0.25) is 0 Å². The van der Waals surface area contributed by atoms with Gasteiger partial charge in [-0.3, -0.25) is 0 Å². The van der Waals surface area contributed by atoms with E-state index in [1.807, 2.05) is 19.1 Å². The van der Waals surface area contributed by atoms with Gasteiger partial charge in [0.2, 0.25) is 0 Å². The summed E-state index contributed by atoms with van der Waals surface area (Å²) in [7, 11) is 0. The molecule has 0 aliphatic rings. The average molecular weight is 162 g/mol. The molecular formula is C5H5BrO. The Morgan fingerprint density at radius 3 is 2.43 bits per heavy atom. The molecule has 0 spiro atoms. The van der Waals surface area contributed by atoms with Gasteiger partial charge >= 0.3 is 0 Å². The molecule has 0 saturated carbocycles. The molecule has 0 bridgehead atoms. The van der Waals surface area contributed by atoms with Crippen LogP contribution in [0.1, 0.15) is 5.76 Å². The lowest BCUT2D eigenvalue weighted by Gasteiger charge is -1.74. The van der Waals surface area contributed by atoms with Gasteiger partial charge in [0.25, 0.3) is 0 Å². The summed E-state index contributed by atoms with van der Waals surface area (Å²) >= 11 is 3.17. The van der Waals surface area contributed by atoms with E-state index in [1.165, 1.54) is 0 Å². The molecule has 0 aliphatic carbocycles. The Balaban J connectivity index is 3.04. The van der Waals surface area contributed by atoms with Crippen molar-refractivity contribution in [3.63, 3.8) is 0 Å². The van der Waals surface area contributed by atoms with Crippen LogP contribution in [0.15, 0.2) is 21.2 Å². The lowest BCUT2D eigenvalue weighted by molar-refractivity contribution is 0.510. The van der Waals surface area contributed by atoms with Crippen LogP contribution in [0.25, 0.3) is 0 Å². The number of rotatable bonds is 0. The largest absolute Gasteiger partial charge is 0.455 e. The van der Waals surface area contributed by atoms with Gasteiger partial charge in [-0.1, -0.05) is 0 Å². The monoisotopic (exact) mass is 161 g/mol. The van der Waals surface area contributed by atoms with Gasteiger partial charge < -0.3 is 4.42 Å². The van der Waals surface area contributed by atoms with Crippen molar-refractivity contribution >= 4 is 15.9 Å². The molecule has 1 aromatic heterocycles. The van der Waals surface area contributed by atoms with Gasteiger partial charge in [-0.25, -0.2) is 0 Å². The fourth-order valence-electron chi connectivity index (χ4n) is 0.405. The van der Waals surface area contributed by atoms with Crippen molar-refractivity contribution in [1.29, 1.82) is 0 Å². The zero-order valence-corrected chi connectivity index (χ0v) is 5.53. The lowest BCUT2D eigenvalue weighted by Crippen LogP contribution is -1.49. The van der Waals surface area contributed by atoms with E-state index in [1.54, 1.807) is 0 Å². The Morgan fingerprint density at radius 1 is 1.57 bits per heavy atom. The molecule has 0 atom stereocenters. The minimum Gasteiger partial charge on any atom is -0.455 e. The van der Waals surface area contributed by atoms with Crippen LogP contribution >= 0.6 is 15.9 Å². The Bertz CT molecular complexity index is 140. The Hall–Kier alpha value is -0.240. The first kappa shape index (κ1) is 4.91. The zero-order valence-electron chi connectivity index (χ0n) is 3.94. The molecule has 0 aliphatic heterocycles. The SMILES string of the molecule is [13CH3]c1ccc(Br)o1. The van der Waals surface area contributed by atoms with Crippen molar-refractivity contribution in [3.8, 4) is 0 Å². The van der Waals surface area contributed by atoms with Crippen molar-refractivity contribution in [1.82, 2.24) is 0 Å². The molecule has 1 rings (SSSR count). The smallest absolute Gasteiger partial charge is 0.169 e. The van der Waals surface area contributed by atoms with E-state index < -0.39 is 0 Å². The van der Waals surface area contributed by atoms with Gasteiger partial charge in [0, 0.05) is 0 Å². The van der Waals surface area contributed by atoms with E-state index in [0.717, 1.165) is 10.4 Å². The molecule has 1 aromatic rings. The van der Waals surface area contributed by atoms with Crippen molar-refractivity contribution in [2.75, 3.05) is 0 Å². The van der Waals surface area contributed by atoms with Crippen LogP contribution in [0.3, 0.4) is 0 Å². The number of halogens is 1. The summed E-state index contributed by atoms with van der Waals surface area (Å²) in [4.78, 5) is 0. The maximum Gasteiger partial charge on any atom is 0.169 e. The predicted molar refractivity (Wildman–Crippen MR) is 31.1 cm³/mol. The summed E-state index contributed by atoms with van der Waals surface area (Å²) in [6.07, 6.45) is 0. The number of hydrogen-bond acceptors (Lipinski definition) is 1. The summed E-state index contributed by atoms with van der Waals surface area (Å²) in [6.45, 7) is 1.91. The van der Waals surface area contributed by atoms with Gasteiger partial charge in [-0.05, 0) is 35.0 Å².